The van der Waals surface area contributed by atoms with E-state index in [1.54, 1.807) is 11.8 Å². The van der Waals surface area contributed by atoms with Crippen molar-refractivity contribution in [1.82, 2.24) is 0 Å². The second kappa shape index (κ2) is 7.85. The number of carbonyl (C=O) groups excluding carboxylic acids is 1. The Bertz CT molecular complexity index is 684. The van der Waals surface area contributed by atoms with Crippen LogP contribution in [0.25, 0.3) is 0 Å². The number of rotatable bonds is 5. The Kier molecular flexibility index (Phi) is 5.72. The molecule has 4 rings (SSSR count). The smallest absolute Gasteiger partial charge is 0.306 e. The number of esters is 1. The molecule has 29 heavy (non-hydrogen) atoms. The largest absolute Gasteiger partial charge is 0.462 e. The third kappa shape index (κ3) is 3.41. The van der Waals surface area contributed by atoms with Crippen LogP contribution < -0.4 is 0 Å². The van der Waals surface area contributed by atoms with E-state index < -0.39 is 0 Å². The van der Waals surface area contributed by atoms with Crippen molar-refractivity contribution in [2.24, 2.45) is 40.4 Å². The van der Waals surface area contributed by atoms with E-state index >= 15 is 0 Å². The fourth-order valence-corrected chi connectivity index (χ4v) is 8.20. The third-order valence-electron chi connectivity index (χ3n) is 9.78. The second-order valence-corrected chi connectivity index (χ2v) is 11.1. The zero-order chi connectivity index (χ0) is 20.8. The summed E-state index contributed by atoms with van der Waals surface area (Å²) in [7, 11) is 0. The summed E-state index contributed by atoms with van der Waals surface area (Å²) in [4.78, 5) is 12.0. The summed E-state index contributed by atoms with van der Waals surface area (Å²) < 4.78 is 5.80. The van der Waals surface area contributed by atoms with Gasteiger partial charge < -0.3 is 10.1 Å². The normalized spacial score (nSPS) is 44.7. The molecule has 1 unspecified atom stereocenters. The summed E-state index contributed by atoms with van der Waals surface area (Å²) >= 11 is 0. The predicted molar refractivity (Wildman–Crippen MR) is 118 cm³/mol. The van der Waals surface area contributed by atoms with Crippen molar-refractivity contribution in [3.63, 3.8) is 0 Å². The van der Waals surface area contributed by atoms with E-state index in [9.17, 15) is 4.79 Å². The third-order valence-corrected chi connectivity index (χ3v) is 9.78. The van der Waals surface area contributed by atoms with Gasteiger partial charge in [-0.15, -0.1) is 0 Å². The zero-order valence-corrected chi connectivity index (χ0v) is 19.0. The van der Waals surface area contributed by atoms with Gasteiger partial charge in [-0.25, -0.2) is 0 Å². The van der Waals surface area contributed by atoms with Crippen LogP contribution in [0.15, 0.2) is 11.6 Å². The summed E-state index contributed by atoms with van der Waals surface area (Å²) in [6.07, 6.45) is 15.5. The van der Waals surface area contributed by atoms with E-state index in [2.05, 4.69) is 26.8 Å². The highest BCUT2D eigenvalue weighted by atomic mass is 16.5. The average Bonchev–Trinajstić information content (AvgIpc) is 3.05. The molecule has 0 amide bonds. The topological polar surface area (TPSA) is 50.2 Å². The van der Waals surface area contributed by atoms with Crippen molar-refractivity contribution in [1.29, 1.82) is 5.41 Å². The number of fused-ring (bicyclic) bond motifs is 5. The minimum atomic E-state index is -0.0128. The SMILES string of the molecule is CCCC(=O)O[C@H]1CC[C@@]2(C)C(=CC[C@H]3C4CC[C@H]([C@H](C)C=N)[C@@]4(C)CC[C@@H]32)C1. The molecule has 4 aliphatic rings. The molecular weight excluding hydrogens is 358 g/mol. The molecule has 0 aliphatic heterocycles. The fourth-order valence-electron chi connectivity index (χ4n) is 8.20. The Morgan fingerprint density at radius 3 is 2.76 bits per heavy atom. The van der Waals surface area contributed by atoms with Crippen LogP contribution in [0.2, 0.25) is 0 Å². The van der Waals surface area contributed by atoms with Crippen LogP contribution in [-0.2, 0) is 9.53 Å². The van der Waals surface area contributed by atoms with Crippen LogP contribution >= 0.6 is 0 Å². The van der Waals surface area contributed by atoms with E-state index in [-0.39, 0.29) is 12.1 Å². The molecule has 0 saturated heterocycles. The van der Waals surface area contributed by atoms with Crippen LogP contribution in [0.5, 0.6) is 0 Å². The van der Waals surface area contributed by atoms with Crippen molar-refractivity contribution in [2.75, 3.05) is 0 Å². The van der Waals surface area contributed by atoms with Gasteiger partial charge in [-0.3, -0.25) is 4.79 Å². The fraction of sp³-hybridized carbons (Fsp3) is 0.846. The molecule has 3 heteroatoms. The lowest BCUT2D eigenvalue weighted by atomic mass is 9.47. The van der Waals surface area contributed by atoms with Crippen molar-refractivity contribution in [3.8, 4) is 0 Å². The van der Waals surface area contributed by atoms with Gasteiger partial charge in [-0.2, -0.15) is 0 Å². The average molecular weight is 400 g/mol. The van der Waals surface area contributed by atoms with Gasteiger partial charge >= 0.3 is 5.97 Å². The van der Waals surface area contributed by atoms with Crippen LogP contribution in [-0.4, -0.2) is 18.3 Å². The molecule has 0 aromatic heterocycles. The molecule has 3 nitrogen and oxygen atoms in total. The monoisotopic (exact) mass is 399 g/mol. The molecule has 3 saturated carbocycles. The number of hydrogen-bond acceptors (Lipinski definition) is 3. The minimum Gasteiger partial charge on any atom is -0.462 e. The first kappa shape index (κ1) is 21.1. The van der Waals surface area contributed by atoms with E-state index in [0.29, 0.717) is 29.1 Å². The second-order valence-electron chi connectivity index (χ2n) is 11.1. The van der Waals surface area contributed by atoms with Crippen LogP contribution in [0.1, 0.15) is 91.9 Å². The van der Waals surface area contributed by atoms with E-state index in [4.69, 9.17) is 10.1 Å². The van der Waals surface area contributed by atoms with Gasteiger partial charge in [0.2, 0.25) is 0 Å². The maximum absolute atomic E-state index is 12.0. The van der Waals surface area contributed by atoms with Crippen molar-refractivity contribution in [3.05, 3.63) is 11.6 Å². The molecule has 0 aromatic carbocycles. The molecule has 0 bridgehead atoms. The Hall–Kier alpha value is -1.12. The molecule has 0 spiro atoms. The molecule has 1 N–H and O–H groups in total. The zero-order valence-electron chi connectivity index (χ0n) is 19.0. The van der Waals surface area contributed by atoms with Crippen LogP contribution in [0.3, 0.4) is 0 Å². The summed E-state index contributed by atoms with van der Waals surface area (Å²) in [6, 6.07) is 0. The van der Waals surface area contributed by atoms with Crippen LogP contribution in [0.4, 0.5) is 0 Å². The molecule has 0 aromatic rings. The maximum atomic E-state index is 12.0. The van der Waals surface area contributed by atoms with Crippen LogP contribution in [0, 0.1) is 45.8 Å². The molecule has 0 heterocycles. The van der Waals surface area contributed by atoms with Gasteiger partial charge in [0.25, 0.3) is 0 Å². The first-order chi connectivity index (χ1) is 13.8. The van der Waals surface area contributed by atoms with Gasteiger partial charge in [0.15, 0.2) is 0 Å². The Balaban J connectivity index is 1.51. The Labute approximate surface area is 177 Å². The quantitative estimate of drug-likeness (QED) is 0.323. The van der Waals surface area contributed by atoms with Gasteiger partial charge in [-0.05, 0) is 98.0 Å². The highest BCUT2D eigenvalue weighted by Crippen LogP contribution is 2.67. The lowest BCUT2D eigenvalue weighted by Gasteiger charge is -2.58. The number of ether oxygens (including phenoxy) is 1. The van der Waals surface area contributed by atoms with Gasteiger partial charge in [0.1, 0.15) is 6.10 Å². The standard InChI is InChI=1S/C26H41NO2/c1-5-6-24(28)29-19-11-13-25(3)18(15-19)7-8-20-22-10-9-21(17(2)16-27)26(22,4)14-12-23(20)25/h7,16-17,19-23,27H,5-6,8-15H2,1-4H3/t17-,19+,20+,21-,22?,23+,25+,26-/m1/s1. The molecule has 8 atom stereocenters. The summed E-state index contributed by atoms with van der Waals surface area (Å²) in [6.45, 7) is 9.38. The van der Waals surface area contributed by atoms with Crippen molar-refractivity contribution < 1.29 is 9.53 Å². The molecular formula is C26H41NO2. The van der Waals surface area contributed by atoms with Crippen molar-refractivity contribution >= 4 is 12.2 Å². The lowest BCUT2D eigenvalue weighted by molar-refractivity contribution is -0.151. The summed E-state index contributed by atoms with van der Waals surface area (Å²) in [5.74, 6) is 3.52. The van der Waals surface area contributed by atoms with E-state index in [1.807, 2.05) is 6.92 Å². The number of hydrogen-bond donors (Lipinski definition) is 1. The minimum absolute atomic E-state index is 0.0128. The molecule has 4 aliphatic carbocycles. The lowest BCUT2D eigenvalue weighted by Crippen LogP contribution is -2.51. The Morgan fingerprint density at radius 1 is 1.24 bits per heavy atom. The number of carbonyl (C=O) groups is 1. The van der Waals surface area contributed by atoms with Gasteiger partial charge in [0, 0.05) is 12.8 Å². The first-order valence-corrected chi connectivity index (χ1v) is 12.2. The highest BCUT2D eigenvalue weighted by molar-refractivity contribution is 5.69. The molecule has 3 fully saturated rings. The number of allylic oxidation sites excluding steroid dienone is 1. The summed E-state index contributed by atoms with van der Waals surface area (Å²) in [5, 5.41) is 7.82. The van der Waals surface area contributed by atoms with E-state index in [0.717, 1.165) is 37.0 Å². The Morgan fingerprint density at radius 2 is 2.03 bits per heavy atom. The number of nitrogens with one attached hydrogen (secondary N) is 1. The molecule has 162 valence electrons. The maximum Gasteiger partial charge on any atom is 0.306 e. The van der Waals surface area contributed by atoms with Gasteiger partial charge in [-0.1, -0.05) is 39.3 Å². The van der Waals surface area contributed by atoms with Crippen molar-refractivity contribution in [2.45, 2.75) is 98.0 Å². The first-order valence-electron chi connectivity index (χ1n) is 12.2. The predicted octanol–water partition coefficient (Wildman–Crippen LogP) is 6.56. The van der Waals surface area contributed by atoms with E-state index in [1.165, 1.54) is 38.5 Å². The molecule has 0 radical (unpaired) electrons. The van der Waals surface area contributed by atoms with Gasteiger partial charge in [0.05, 0.1) is 0 Å². The summed E-state index contributed by atoms with van der Waals surface area (Å²) in [5.41, 5.74) is 2.32. The highest BCUT2D eigenvalue weighted by Gasteiger charge is 2.59.